The molecule has 2 heterocycles. The van der Waals surface area contributed by atoms with Crippen LogP contribution in [0.4, 0.5) is 11.5 Å². The summed E-state index contributed by atoms with van der Waals surface area (Å²) >= 11 is 3.46. The zero-order valence-electron chi connectivity index (χ0n) is 17.2. The van der Waals surface area contributed by atoms with Gasteiger partial charge in [0.05, 0.1) is 17.6 Å². The Hall–Kier alpha value is -2.67. The molecule has 0 atom stereocenters. The summed E-state index contributed by atoms with van der Waals surface area (Å²) in [5.74, 6) is 1.38. The highest BCUT2D eigenvalue weighted by Gasteiger charge is 2.28. The minimum Gasteiger partial charge on any atom is -0.475 e. The first-order valence-electron chi connectivity index (χ1n) is 10.3. The number of para-hydroxylation sites is 2. The minimum atomic E-state index is -0.0201. The van der Waals surface area contributed by atoms with Crippen molar-refractivity contribution in [3.05, 3.63) is 52.5 Å². The maximum Gasteiger partial charge on any atom is 0.258 e. The van der Waals surface area contributed by atoms with Gasteiger partial charge in [-0.2, -0.15) is 0 Å². The van der Waals surface area contributed by atoms with Crippen LogP contribution in [0.2, 0.25) is 0 Å². The summed E-state index contributed by atoms with van der Waals surface area (Å²) < 4.78 is 6.78. The maximum atomic E-state index is 12.8. The second-order valence-corrected chi connectivity index (χ2v) is 8.40. The van der Waals surface area contributed by atoms with E-state index >= 15 is 0 Å². The Labute approximate surface area is 184 Å². The first kappa shape index (κ1) is 20.6. The molecule has 0 bridgehead atoms. The zero-order chi connectivity index (χ0) is 21.1. The number of piperidine rings is 1. The lowest BCUT2D eigenvalue weighted by Crippen LogP contribution is -2.39. The van der Waals surface area contributed by atoms with Crippen LogP contribution in [-0.4, -0.2) is 35.6 Å². The molecule has 0 unspecified atom stereocenters. The number of aryl methyl sites for hydroxylation is 1. The van der Waals surface area contributed by atoms with Gasteiger partial charge in [-0.25, -0.2) is 9.97 Å². The molecule has 156 valence electrons. The number of carbonyl (C=O) groups excluding carboxylic acids is 1. The van der Waals surface area contributed by atoms with Gasteiger partial charge in [-0.3, -0.25) is 4.79 Å². The molecule has 2 aromatic carbocycles. The number of nitrogens with one attached hydrogen (secondary N) is 1. The molecular weight excluding hydrogens is 444 g/mol. The normalized spacial score (nSPS) is 14.7. The molecule has 30 heavy (non-hydrogen) atoms. The third-order valence-electron chi connectivity index (χ3n) is 5.41. The number of ether oxygens (including phenoxy) is 1. The summed E-state index contributed by atoms with van der Waals surface area (Å²) in [6, 6.07) is 13.7. The third-order valence-corrected chi connectivity index (χ3v) is 5.91. The number of carbonyl (C=O) groups is 1. The van der Waals surface area contributed by atoms with Crippen LogP contribution in [-0.2, 0) is 4.79 Å². The fourth-order valence-corrected chi connectivity index (χ4v) is 4.25. The van der Waals surface area contributed by atoms with Gasteiger partial charge in [0.2, 0.25) is 5.91 Å². The Morgan fingerprint density at radius 3 is 2.53 bits per heavy atom. The molecule has 0 saturated carbocycles. The lowest BCUT2D eigenvalue weighted by atomic mass is 9.95. The Kier molecular flexibility index (Phi) is 6.18. The highest BCUT2D eigenvalue weighted by atomic mass is 79.9. The number of nitrogens with zero attached hydrogens (tertiary/aromatic N) is 3. The number of halogens is 1. The van der Waals surface area contributed by atoms with Crippen LogP contribution < -0.4 is 15.0 Å². The molecule has 1 fully saturated rings. The molecule has 4 rings (SSSR count). The van der Waals surface area contributed by atoms with Crippen LogP contribution in [0.1, 0.15) is 25.3 Å². The van der Waals surface area contributed by atoms with E-state index in [2.05, 4.69) is 31.1 Å². The fraction of sp³-hybridized carbons (Fsp3) is 0.348. The highest BCUT2D eigenvalue weighted by molar-refractivity contribution is 9.10. The van der Waals surface area contributed by atoms with Crippen molar-refractivity contribution >= 4 is 44.4 Å². The Balaban J connectivity index is 1.46. The van der Waals surface area contributed by atoms with Crippen molar-refractivity contribution in [3.8, 4) is 5.88 Å². The van der Waals surface area contributed by atoms with Gasteiger partial charge in [-0.15, -0.1) is 0 Å². The molecule has 1 saturated heterocycles. The van der Waals surface area contributed by atoms with E-state index in [-0.39, 0.29) is 11.8 Å². The molecule has 1 amide bonds. The van der Waals surface area contributed by atoms with E-state index in [1.807, 2.05) is 56.3 Å². The molecule has 1 N–H and O–H groups in total. The Morgan fingerprint density at radius 1 is 1.17 bits per heavy atom. The lowest BCUT2D eigenvalue weighted by Gasteiger charge is -2.32. The van der Waals surface area contributed by atoms with Crippen molar-refractivity contribution in [3.63, 3.8) is 0 Å². The van der Waals surface area contributed by atoms with E-state index in [0.29, 0.717) is 12.5 Å². The summed E-state index contributed by atoms with van der Waals surface area (Å²) in [5, 5.41) is 3.09. The highest BCUT2D eigenvalue weighted by Crippen LogP contribution is 2.31. The third kappa shape index (κ3) is 4.41. The number of anilines is 2. The Bertz CT molecular complexity index is 1060. The monoisotopic (exact) mass is 468 g/mol. The molecule has 0 aliphatic carbocycles. The quantitative estimate of drug-likeness (QED) is 0.573. The van der Waals surface area contributed by atoms with Crippen molar-refractivity contribution < 1.29 is 9.53 Å². The van der Waals surface area contributed by atoms with E-state index in [9.17, 15) is 4.79 Å². The number of fused-ring (bicyclic) bond motifs is 1. The smallest absolute Gasteiger partial charge is 0.258 e. The number of hydrogen-bond donors (Lipinski definition) is 1. The van der Waals surface area contributed by atoms with E-state index in [1.165, 1.54) is 0 Å². The van der Waals surface area contributed by atoms with E-state index in [0.717, 1.165) is 58.5 Å². The number of amides is 1. The summed E-state index contributed by atoms with van der Waals surface area (Å²) in [5.41, 5.74) is 3.58. The molecular formula is C23H25BrN4O2. The standard InChI is InChI=1S/C23H25BrN4O2/c1-3-30-23-21(25-19-6-4-5-7-20(19)27-23)28-12-10-16(11-13-28)22(29)26-18-9-8-17(24)14-15(18)2/h4-9,14,16H,3,10-13H2,1-2H3,(H,26,29). The van der Waals surface area contributed by atoms with Crippen molar-refractivity contribution in [1.29, 1.82) is 0 Å². The number of aromatic nitrogens is 2. The molecule has 7 heteroatoms. The predicted octanol–water partition coefficient (Wildman–Crippen LogP) is 4.95. The minimum absolute atomic E-state index is 0.0201. The molecule has 6 nitrogen and oxygen atoms in total. The zero-order valence-corrected chi connectivity index (χ0v) is 18.8. The van der Waals surface area contributed by atoms with E-state index < -0.39 is 0 Å². The number of rotatable bonds is 5. The van der Waals surface area contributed by atoms with Crippen molar-refractivity contribution in [2.45, 2.75) is 26.7 Å². The van der Waals surface area contributed by atoms with Gasteiger partial charge in [0.1, 0.15) is 0 Å². The summed E-state index contributed by atoms with van der Waals surface area (Å²) in [7, 11) is 0. The lowest BCUT2D eigenvalue weighted by molar-refractivity contribution is -0.120. The number of benzene rings is 2. The average molecular weight is 469 g/mol. The van der Waals surface area contributed by atoms with Crippen LogP contribution in [0.3, 0.4) is 0 Å². The molecule has 1 aliphatic rings. The number of hydrogen-bond acceptors (Lipinski definition) is 5. The van der Waals surface area contributed by atoms with Crippen LogP contribution in [0, 0.1) is 12.8 Å². The maximum absolute atomic E-state index is 12.8. The van der Waals surface area contributed by atoms with Crippen molar-refractivity contribution in [2.75, 3.05) is 29.9 Å². The predicted molar refractivity (Wildman–Crippen MR) is 123 cm³/mol. The second kappa shape index (κ2) is 9.00. The first-order valence-corrected chi connectivity index (χ1v) is 11.1. The molecule has 1 aromatic heterocycles. The van der Waals surface area contributed by atoms with Crippen molar-refractivity contribution in [1.82, 2.24) is 9.97 Å². The molecule has 3 aromatic rings. The summed E-state index contributed by atoms with van der Waals surface area (Å²) in [6.45, 7) is 5.96. The van der Waals surface area contributed by atoms with E-state index in [4.69, 9.17) is 9.72 Å². The first-order chi connectivity index (χ1) is 14.5. The van der Waals surface area contributed by atoms with Gasteiger partial charge in [0.15, 0.2) is 5.82 Å². The van der Waals surface area contributed by atoms with E-state index in [1.54, 1.807) is 0 Å². The summed E-state index contributed by atoms with van der Waals surface area (Å²) in [4.78, 5) is 24.4. The Morgan fingerprint density at radius 2 is 1.87 bits per heavy atom. The van der Waals surface area contributed by atoms with Crippen LogP contribution in [0.15, 0.2) is 46.9 Å². The molecule has 0 radical (unpaired) electrons. The summed E-state index contributed by atoms with van der Waals surface area (Å²) in [6.07, 6.45) is 1.53. The van der Waals surface area contributed by atoms with Crippen LogP contribution in [0.5, 0.6) is 5.88 Å². The van der Waals surface area contributed by atoms with Gasteiger partial charge in [0, 0.05) is 29.2 Å². The van der Waals surface area contributed by atoms with Gasteiger partial charge < -0.3 is 15.0 Å². The average Bonchev–Trinajstić information content (AvgIpc) is 2.75. The van der Waals surface area contributed by atoms with Gasteiger partial charge in [-0.05, 0) is 62.6 Å². The largest absolute Gasteiger partial charge is 0.475 e. The van der Waals surface area contributed by atoms with Gasteiger partial charge in [-0.1, -0.05) is 28.1 Å². The van der Waals surface area contributed by atoms with Gasteiger partial charge in [0.25, 0.3) is 5.88 Å². The fourth-order valence-electron chi connectivity index (χ4n) is 3.77. The second-order valence-electron chi connectivity index (χ2n) is 7.48. The SMILES string of the molecule is CCOc1nc2ccccc2nc1N1CCC(C(=O)Nc2ccc(Br)cc2C)CC1. The molecule has 0 spiro atoms. The molecule has 1 aliphatic heterocycles. The van der Waals surface area contributed by atoms with Crippen molar-refractivity contribution in [2.24, 2.45) is 5.92 Å². The van der Waals surface area contributed by atoms with Crippen LogP contribution in [0.25, 0.3) is 11.0 Å². The topological polar surface area (TPSA) is 67.4 Å². The van der Waals surface area contributed by atoms with Gasteiger partial charge >= 0.3 is 0 Å². The van der Waals surface area contributed by atoms with Crippen LogP contribution >= 0.6 is 15.9 Å².